The molecule has 2 aromatic rings. The summed E-state index contributed by atoms with van der Waals surface area (Å²) in [6.45, 7) is 0.202. The van der Waals surface area contributed by atoms with Gasteiger partial charge in [0.1, 0.15) is 0 Å². The Labute approximate surface area is 125 Å². The van der Waals surface area contributed by atoms with Crippen LogP contribution in [0.4, 0.5) is 10.8 Å². The van der Waals surface area contributed by atoms with Gasteiger partial charge in [0.2, 0.25) is 5.91 Å². The number of aliphatic hydroxyl groups excluding tert-OH is 1. The molecule has 0 spiro atoms. The fourth-order valence-corrected chi connectivity index (χ4v) is 3.41. The van der Waals surface area contributed by atoms with E-state index in [-0.39, 0.29) is 12.5 Å². The molecule has 2 rings (SSSR count). The molecule has 0 fully saturated rings. The number of nitrogens with one attached hydrogen (secondary N) is 1. The third-order valence-corrected chi connectivity index (χ3v) is 4.58. The summed E-state index contributed by atoms with van der Waals surface area (Å²) in [5, 5.41) is 12.1. The number of carbonyl (C=O) groups excluding carboxylic acids is 1. The number of nitrogens with two attached hydrogens (primary N) is 1. The van der Waals surface area contributed by atoms with Crippen molar-refractivity contribution in [2.45, 2.75) is 12.8 Å². The number of aromatic nitrogens is 1. The van der Waals surface area contributed by atoms with Crippen molar-refractivity contribution in [1.82, 2.24) is 4.98 Å². The van der Waals surface area contributed by atoms with Crippen LogP contribution in [-0.4, -0.2) is 34.1 Å². The van der Waals surface area contributed by atoms with Crippen LogP contribution in [0, 0.1) is 0 Å². The highest BCUT2D eigenvalue weighted by atomic mass is 32.2. The first-order valence-electron chi connectivity index (χ1n) is 6.33. The molecule has 4 N–H and O–H groups in total. The van der Waals surface area contributed by atoms with E-state index in [1.807, 2.05) is 12.1 Å². The van der Waals surface area contributed by atoms with Crippen molar-refractivity contribution < 1.29 is 9.90 Å². The highest BCUT2D eigenvalue weighted by molar-refractivity contribution is 7.99. The molecule has 1 heterocycles. The Bertz CT molecular complexity index is 586. The highest BCUT2D eigenvalue weighted by Gasteiger charge is 2.07. The van der Waals surface area contributed by atoms with Crippen LogP contribution in [0.2, 0.25) is 0 Å². The molecular weight excluding hydrogens is 294 g/mol. The average Bonchev–Trinajstić information content (AvgIpc) is 2.79. The molecule has 0 bridgehead atoms. The van der Waals surface area contributed by atoms with Crippen LogP contribution in [-0.2, 0) is 4.79 Å². The summed E-state index contributed by atoms with van der Waals surface area (Å²) in [6.07, 6.45) is 1.22. The number of aliphatic hydroxyl groups is 1. The second-order valence-corrected chi connectivity index (χ2v) is 6.49. The molecule has 1 aromatic carbocycles. The monoisotopic (exact) mass is 311 g/mol. The lowest BCUT2D eigenvalue weighted by molar-refractivity contribution is -0.115. The van der Waals surface area contributed by atoms with Crippen LogP contribution >= 0.6 is 23.1 Å². The molecule has 5 nitrogen and oxygen atoms in total. The number of thioether (sulfide) groups is 1. The minimum atomic E-state index is -0.0338. The van der Waals surface area contributed by atoms with E-state index >= 15 is 0 Å². The van der Waals surface area contributed by atoms with E-state index in [0.29, 0.717) is 17.2 Å². The number of carbonyl (C=O) groups is 1. The lowest BCUT2D eigenvalue weighted by Crippen LogP contribution is -2.12. The van der Waals surface area contributed by atoms with Gasteiger partial charge in [-0.25, -0.2) is 4.98 Å². The number of amides is 1. The van der Waals surface area contributed by atoms with E-state index in [2.05, 4.69) is 10.3 Å². The molecule has 20 heavy (non-hydrogen) atoms. The van der Waals surface area contributed by atoms with E-state index in [0.717, 1.165) is 28.1 Å². The number of hydrogen-bond acceptors (Lipinski definition) is 6. The van der Waals surface area contributed by atoms with E-state index in [9.17, 15) is 4.79 Å². The summed E-state index contributed by atoms with van der Waals surface area (Å²) in [7, 11) is 0. The van der Waals surface area contributed by atoms with Gasteiger partial charge in [-0.15, -0.1) is 0 Å². The van der Waals surface area contributed by atoms with Crippen LogP contribution < -0.4 is 11.1 Å². The quantitative estimate of drug-likeness (QED) is 0.539. The maximum atomic E-state index is 11.8. The topological polar surface area (TPSA) is 88.2 Å². The number of thiazole rings is 1. The molecule has 1 aromatic heterocycles. The number of nitrogens with zero attached hydrogens (tertiary/aromatic N) is 1. The molecule has 0 radical (unpaired) electrons. The first-order chi connectivity index (χ1) is 9.69. The zero-order valence-electron chi connectivity index (χ0n) is 11.0. The van der Waals surface area contributed by atoms with Gasteiger partial charge < -0.3 is 16.2 Å². The molecule has 0 aliphatic carbocycles. The summed E-state index contributed by atoms with van der Waals surface area (Å²) >= 11 is 3.09. The zero-order valence-corrected chi connectivity index (χ0v) is 12.6. The van der Waals surface area contributed by atoms with E-state index in [1.165, 1.54) is 11.3 Å². The zero-order chi connectivity index (χ0) is 14.4. The molecule has 0 saturated carbocycles. The molecule has 108 valence electrons. The maximum absolute atomic E-state index is 11.8. The van der Waals surface area contributed by atoms with Gasteiger partial charge in [0.25, 0.3) is 0 Å². The number of hydrogen-bond donors (Lipinski definition) is 3. The van der Waals surface area contributed by atoms with E-state index in [4.69, 9.17) is 10.8 Å². The normalized spacial score (nSPS) is 10.8. The fourth-order valence-electron chi connectivity index (χ4n) is 1.61. The summed E-state index contributed by atoms with van der Waals surface area (Å²) in [6, 6.07) is 5.50. The van der Waals surface area contributed by atoms with Crippen molar-refractivity contribution >= 4 is 50.0 Å². The maximum Gasteiger partial charge on any atom is 0.226 e. The van der Waals surface area contributed by atoms with Gasteiger partial charge in [-0.3, -0.25) is 4.79 Å². The van der Waals surface area contributed by atoms with Crippen molar-refractivity contribution in [2.75, 3.05) is 29.2 Å². The van der Waals surface area contributed by atoms with Crippen molar-refractivity contribution in [3.05, 3.63) is 18.2 Å². The molecule has 0 aliphatic rings. The van der Waals surface area contributed by atoms with Crippen LogP contribution in [0.25, 0.3) is 10.2 Å². The molecule has 7 heteroatoms. The van der Waals surface area contributed by atoms with Gasteiger partial charge in [-0.1, -0.05) is 11.3 Å². The number of benzene rings is 1. The summed E-state index contributed by atoms with van der Waals surface area (Å²) < 4.78 is 0.970. The summed E-state index contributed by atoms with van der Waals surface area (Å²) in [5.41, 5.74) is 7.25. The highest BCUT2D eigenvalue weighted by Crippen LogP contribution is 2.27. The largest absolute Gasteiger partial charge is 0.399 e. The van der Waals surface area contributed by atoms with Gasteiger partial charge >= 0.3 is 0 Å². The van der Waals surface area contributed by atoms with Crippen LogP contribution in [0.15, 0.2) is 18.2 Å². The summed E-state index contributed by atoms with van der Waals surface area (Å²) in [4.78, 5) is 16.1. The molecule has 0 atom stereocenters. The standard InChI is InChI=1S/C13H17N3O2S2/c14-9-2-3-10-11(8-9)20-13(15-10)16-12(18)4-7-19-6-1-5-17/h2-3,8,17H,1,4-7,14H2,(H,15,16,18). The lowest BCUT2D eigenvalue weighted by Gasteiger charge is -2.01. The van der Waals surface area contributed by atoms with Gasteiger partial charge in [0.05, 0.1) is 10.2 Å². The van der Waals surface area contributed by atoms with Crippen molar-refractivity contribution in [3.63, 3.8) is 0 Å². The first-order valence-corrected chi connectivity index (χ1v) is 8.30. The van der Waals surface area contributed by atoms with Gasteiger partial charge in [0.15, 0.2) is 5.13 Å². The Morgan fingerprint density at radius 3 is 3.10 bits per heavy atom. The number of rotatable bonds is 7. The predicted molar refractivity (Wildman–Crippen MR) is 86.3 cm³/mol. The minimum absolute atomic E-state index is 0.0338. The first kappa shape index (κ1) is 15.1. The molecule has 0 aliphatic heterocycles. The van der Waals surface area contributed by atoms with Crippen molar-refractivity contribution in [3.8, 4) is 0 Å². The predicted octanol–water partition coefficient (Wildman–Crippen LogP) is 2.32. The molecule has 0 unspecified atom stereocenters. The Kier molecular flexibility index (Phi) is 5.63. The average molecular weight is 311 g/mol. The number of anilines is 2. The van der Waals surface area contributed by atoms with E-state index in [1.54, 1.807) is 17.8 Å². The number of nitrogen functional groups attached to an aromatic ring is 1. The second kappa shape index (κ2) is 7.47. The third kappa shape index (κ3) is 4.36. The Balaban J connectivity index is 1.83. The lowest BCUT2D eigenvalue weighted by atomic mass is 10.3. The van der Waals surface area contributed by atoms with Gasteiger partial charge in [-0.05, 0) is 30.4 Å². The SMILES string of the molecule is Nc1ccc2nc(NC(=O)CCSCCCO)sc2c1. The molecule has 0 saturated heterocycles. The van der Waals surface area contributed by atoms with E-state index < -0.39 is 0 Å². The van der Waals surface area contributed by atoms with Crippen molar-refractivity contribution in [2.24, 2.45) is 0 Å². The number of fused-ring (bicyclic) bond motifs is 1. The van der Waals surface area contributed by atoms with Crippen LogP contribution in [0.5, 0.6) is 0 Å². The van der Waals surface area contributed by atoms with Crippen LogP contribution in [0.1, 0.15) is 12.8 Å². The fraction of sp³-hybridized carbons (Fsp3) is 0.385. The van der Waals surface area contributed by atoms with Crippen molar-refractivity contribution in [1.29, 1.82) is 0 Å². The second-order valence-electron chi connectivity index (χ2n) is 4.23. The Hall–Kier alpha value is -1.31. The van der Waals surface area contributed by atoms with Gasteiger partial charge in [0, 0.05) is 24.5 Å². The smallest absolute Gasteiger partial charge is 0.226 e. The molecular formula is C13H17N3O2S2. The minimum Gasteiger partial charge on any atom is -0.399 e. The van der Waals surface area contributed by atoms with Gasteiger partial charge in [-0.2, -0.15) is 11.8 Å². The third-order valence-electron chi connectivity index (χ3n) is 2.58. The molecule has 1 amide bonds. The Morgan fingerprint density at radius 2 is 2.30 bits per heavy atom. The van der Waals surface area contributed by atoms with Crippen LogP contribution in [0.3, 0.4) is 0 Å². The summed E-state index contributed by atoms with van der Waals surface area (Å²) in [5.74, 6) is 1.60. The Morgan fingerprint density at radius 1 is 1.45 bits per heavy atom.